The van der Waals surface area contributed by atoms with Crippen molar-refractivity contribution in [3.05, 3.63) is 59.9 Å². The molecule has 4 heteroatoms. The van der Waals surface area contributed by atoms with E-state index in [-0.39, 0.29) is 0 Å². The Morgan fingerprint density at radius 2 is 2.00 bits per heavy atom. The number of hydrogen-bond acceptors (Lipinski definition) is 2. The zero-order valence-electron chi connectivity index (χ0n) is 11.2. The van der Waals surface area contributed by atoms with Crippen molar-refractivity contribution in [2.45, 2.75) is 12.5 Å². The molecule has 0 fully saturated rings. The Labute approximate surface area is 122 Å². The number of ether oxygens (including phenoxy) is 1. The zero-order valence-corrected chi connectivity index (χ0v) is 12.0. The highest BCUT2D eigenvalue weighted by molar-refractivity contribution is 6.17. The molecule has 0 aliphatic carbocycles. The van der Waals surface area contributed by atoms with Gasteiger partial charge in [-0.2, -0.15) is 0 Å². The molecule has 0 aliphatic heterocycles. The van der Waals surface area contributed by atoms with Crippen molar-refractivity contribution in [3.8, 4) is 5.69 Å². The summed E-state index contributed by atoms with van der Waals surface area (Å²) in [6.07, 6.45) is 0. The summed E-state index contributed by atoms with van der Waals surface area (Å²) in [6.45, 7) is 0.594. The first kappa shape index (κ1) is 13.2. The van der Waals surface area contributed by atoms with Crippen LogP contribution in [0.25, 0.3) is 16.7 Å². The number of nitrogens with zero attached hydrogens (tertiary/aromatic N) is 2. The van der Waals surface area contributed by atoms with Crippen LogP contribution in [-0.4, -0.2) is 16.7 Å². The highest BCUT2D eigenvalue weighted by Crippen LogP contribution is 2.23. The van der Waals surface area contributed by atoms with E-state index in [1.807, 2.05) is 30.3 Å². The third kappa shape index (κ3) is 2.30. The van der Waals surface area contributed by atoms with E-state index in [1.165, 1.54) is 0 Å². The highest BCUT2D eigenvalue weighted by Gasteiger charge is 2.11. The minimum Gasteiger partial charge on any atom is -0.380 e. The summed E-state index contributed by atoms with van der Waals surface area (Å²) in [5.74, 6) is 1.23. The topological polar surface area (TPSA) is 27.1 Å². The second-order valence-electron chi connectivity index (χ2n) is 4.59. The van der Waals surface area contributed by atoms with Crippen molar-refractivity contribution in [1.82, 2.24) is 9.55 Å². The lowest BCUT2D eigenvalue weighted by Crippen LogP contribution is -2.00. The van der Waals surface area contributed by atoms with Gasteiger partial charge in [0.15, 0.2) is 0 Å². The molecule has 20 heavy (non-hydrogen) atoms. The number of alkyl halides is 1. The van der Waals surface area contributed by atoms with Gasteiger partial charge >= 0.3 is 0 Å². The van der Waals surface area contributed by atoms with E-state index in [0.717, 1.165) is 28.1 Å². The lowest BCUT2D eigenvalue weighted by Gasteiger charge is -2.09. The van der Waals surface area contributed by atoms with Crippen molar-refractivity contribution in [2.24, 2.45) is 0 Å². The van der Waals surface area contributed by atoms with Gasteiger partial charge in [0.1, 0.15) is 5.82 Å². The van der Waals surface area contributed by atoms with E-state index in [0.29, 0.717) is 12.5 Å². The largest absolute Gasteiger partial charge is 0.380 e. The average molecular weight is 287 g/mol. The van der Waals surface area contributed by atoms with E-state index in [9.17, 15) is 0 Å². The van der Waals surface area contributed by atoms with Crippen LogP contribution in [0.4, 0.5) is 0 Å². The Hall–Kier alpha value is -1.84. The standard InChI is InChI=1S/C16H15ClN2O/c1-20-11-12-5-4-6-13(9-12)19-15-8-3-2-7-14(15)18-16(19)10-17/h2-9H,10-11H2,1H3. The smallest absolute Gasteiger partial charge is 0.129 e. The van der Waals surface area contributed by atoms with Crippen LogP contribution in [0.3, 0.4) is 0 Å². The van der Waals surface area contributed by atoms with Crippen molar-refractivity contribution in [1.29, 1.82) is 0 Å². The Kier molecular flexibility index (Phi) is 3.72. The first-order valence-electron chi connectivity index (χ1n) is 6.44. The predicted octanol–water partition coefficient (Wildman–Crippen LogP) is 3.91. The number of para-hydroxylation sites is 2. The minimum absolute atomic E-state index is 0.378. The molecular formula is C16H15ClN2O. The molecule has 1 aromatic heterocycles. The van der Waals surface area contributed by atoms with Crippen LogP contribution in [0.15, 0.2) is 48.5 Å². The number of fused-ring (bicyclic) bond motifs is 1. The molecule has 3 rings (SSSR count). The maximum atomic E-state index is 6.05. The number of rotatable bonds is 4. The second-order valence-corrected chi connectivity index (χ2v) is 4.86. The lowest BCUT2D eigenvalue weighted by molar-refractivity contribution is 0.185. The minimum atomic E-state index is 0.378. The Balaban J connectivity index is 2.20. The molecule has 3 nitrogen and oxygen atoms in total. The molecule has 0 atom stereocenters. The molecule has 0 saturated heterocycles. The number of aromatic nitrogens is 2. The van der Waals surface area contributed by atoms with Gasteiger partial charge in [0.2, 0.25) is 0 Å². The van der Waals surface area contributed by atoms with Crippen LogP contribution in [0.2, 0.25) is 0 Å². The SMILES string of the molecule is COCc1cccc(-n2c(CCl)nc3ccccc32)c1. The molecule has 0 amide bonds. The van der Waals surface area contributed by atoms with Gasteiger partial charge in [0.25, 0.3) is 0 Å². The maximum Gasteiger partial charge on any atom is 0.129 e. The van der Waals surface area contributed by atoms with E-state index in [4.69, 9.17) is 16.3 Å². The van der Waals surface area contributed by atoms with Gasteiger partial charge in [0, 0.05) is 12.8 Å². The molecule has 3 aromatic rings. The summed E-state index contributed by atoms with van der Waals surface area (Å²) in [7, 11) is 1.70. The monoisotopic (exact) mass is 286 g/mol. The molecule has 1 heterocycles. The molecule has 0 unspecified atom stereocenters. The quantitative estimate of drug-likeness (QED) is 0.680. The van der Waals surface area contributed by atoms with Crippen LogP contribution < -0.4 is 0 Å². The number of hydrogen-bond donors (Lipinski definition) is 0. The summed E-state index contributed by atoms with van der Waals surface area (Å²) >= 11 is 6.05. The highest BCUT2D eigenvalue weighted by atomic mass is 35.5. The molecule has 0 radical (unpaired) electrons. The van der Waals surface area contributed by atoms with Crippen molar-refractivity contribution in [3.63, 3.8) is 0 Å². The fraction of sp³-hybridized carbons (Fsp3) is 0.188. The van der Waals surface area contributed by atoms with Gasteiger partial charge in [-0.15, -0.1) is 11.6 Å². The Bertz CT molecular complexity index is 736. The Morgan fingerprint density at radius 3 is 2.80 bits per heavy atom. The summed E-state index contributed by atoms with van der Waals surface area (Å²) in [5, 5.41) is 0. The van der Waals surface area contributed by atoms with Crippen LogP contribution in [-0.2, 0) is 17.2 Å². The average Bonchev–Trinajstić information content (AvgIpc) is 2.86. The van der Waals surface area contributed by atoms with E-state index in [1.54, 1.807) is 7.11 Å². The van der Waals surface area contributed by atoms with E-state index < -0.39 is 0 Å². The van der Waals surface area contributed by atoms with Gasteiger partial charge in [-0.05, 0) is 29.8 Å². The number of methoxy groups -OCH3 is 1. The van der Waals surface area contributed by atoms with Crippen LogP contribution in [0.5, 0.6) is 0 Å². The summed E-state index contributed by atoms with van der Waals surface area (Å²) in [6, 6.07) is 16.3. The van der Waals surface area contributed by atoms with Crippen molar-refractivity contribution in [2.75, 3.05) is 7.11 Å². The molecular weight excluding hydrogens is 272 g/mol. The molecule has 2 aromatic carbocycles. The number of halogens is 1. The summed E-state index contributed by atoms with van der Waals surface area (Å²) in [4.78, 5) is 4.58. The third-order valence-corrected chi connectivity index (χ3v) is 3.47. The fourth-order valence-electron chi connectivity index (χ4n) is 2.41. The molecule has 0 aliphatic rings. The summed E-state index contributed by atoms with van der Waals surface area (Å²) in [5.41, 5.74) is 4.21. The van der Waals surface area contributed by atoms with E-state index in [2.05, 4.69) is 27.8 Å². The van der Waals surface area contributed by atoms with Gasteiger partial charge in [-0.1, -0.05) is 24.3 Å². The van der Waals surface area contributed by atoms with E-state index >= 15 is 0 Å². The van der Waals surface area contributed by atoms with Gasteiger partial charge in [-0.25, -0.2) is 4.98 Å². The van der Waals surface area contributed by atoms with Crippen molar-refractivity contribution >= 4 is 22.6 Å². The second kappa shape index (κ2) is 5.65. The molecule has 0 N–H and O–H groups in total. The van der Waals surface area contributed by atoms with Crippen LogP contribution >= 0.6 is 11.6 Å². The van der Waals surface area contributed by atoms with Crippen LogP contribution in [0, 0.1) is 0 Å². The molecule has 0 spiro atoms. The first-order valence-corrected chi connectivity index (χ1v) is 6.97. The Morgan fingerprint density at radius 1 is 1.15 bits per heavy atom. The van der Waals surface area contributed by atoms with Gasteiger partial charge in [-0.3, -0.25) is 4.57 Å². The predicted molar refractivity (Wildman–Crippen MR) is 81.3 cm³/mol. The number of benzene rings is 2. The lowest BCUT2D eigenvalue weighted by atomic mass is 10.2. The maximum absolute atomic E-state index is 6.05. The van der Waals surface area contributed by atoms with Gasteiger partial charge < -0.3 is 4.74 Å². The van der Waals surface area contributed by atoms with Gasteiger partial charge in [0.05, 0.1) is 23.5 Å². The molecule has 102 valence electrons. The third-order valence-electron chi connectivity index (χ3n) is 3.23. The summed E-state index contributed by atoms with van der Waals surface area (Å²) < 4.78 is 7.29. The number of imidazole rings is 1. The normalized spacial score (nSPS) is 11.1. The molecule has 0 bridgehead atoms. The zero-order chi connectivity index (χ0) is 13.9. The van der Waals surface area contributed by atoms with Crippen LogP contribution in [0.1, 0.15) is 11.4 Å². The van der Waals surface area contributed by atoms with Crippen molar-refractivity contribution < 1.29 is 4.74 Å². The molecule has 0 saturated carbocycles. The fourth-order valence-corrected chi connectivity index (χ4v) is 2.58. The first-order chi connectivity index (χ1) is 9.83.